The highest BCUT2D eigenvalue weighted by Gasteiger charge is 2.03. The minimum Gasteiger partial charge on any atom is -0.242 e. The van der Waals surface area contributed by atoms with Crippen molar-refractivity contribution < 1.29 is 0 Å². The molecule has 0 saturated carbocycles. The first kappa shape index (κ1) is 10.5. The Morgan fingerprint density at radius 3 is 2.35 bits per heavy atom. The topological polar surface area (TPSA) is 12.9 Å². The number of thiazole rings is 1. The maximum Gasteiger partial charge on any atom is 0.0907 e. The molecule has 2 heteroatoms. The van der Waals surface area contributed by atoms with Crippen molar-refractivity contribution in [3.05, 3.63) is 53.0 Å². The maximum absolute atomic E-state index is 4.48. The van der Waals surface area contributed by atoms with Gasteiger partial charge in [0.25, 0.3) is 0 Å². The molecule has 1 heterocycles. The molecule has 17 heavy (non-hydrogen) atoms. The molecule has 2 aromatic carbocycles. The van der Waals surface area contributed by atoms with Gasteiger partial charge in [0.2, 0.25) is 0 Å². The summed E-state index contributed by atoms with van der Waals surface area (Å²) in [4.78, 5) is 4.48. The smallest absolute Gasteiger partial charge is 0.0907 e. The lowest BCUT2D eigenvalue weighted by atomic mass is 10.0. The summed E-state index contributed by atoms with van der Waals surface area (Å²) in [6.45, 7) is 4.16. The molecular formula is C15H13NS. The maximum atomic E-state index is 4.48. The van der Waals surface area contributed by atoms with Gasteiger partial charge in [-0.05, 0) is 37.1 Å². The molecule has 0 bridgehead atoms. The first-order chi connectivity index (χ1) is 8.22. The zero-order chi connectivity index (χ0) is 11.8. The summed E-state index contributed by atoms with van der Waals surface area (Å²) in [5, 5.41) is 1.13. The largest absolute Gasteiger partial charge is 0.242 e. The summed E-state index contributed by atoms with van der Waals surface area (Å²) in [5.41, 5.74) is 4.93. The molecule has 3 aromatic rings. The van der Waals surface area contributed by atoms with Crippen LogP contribution < -0.4 is 0 Å². The molecule has 0 radical (unpaired) electrons. The van der Waals surface area contributed by atoms with E-state index in [1.165, 1.54) is 21.4 Å². The number of hydrogen-bond donors (Lipinski definition) is 0. The Kier molecular flexibility index (Phi) is 2.45. The molecule has 0 amide bonds. The second-order valence-electron chi connectivity index (χ2n) is 4.28. The highest BCUT2D eigenvalue weighted by atomic mass is 32.1. The summed E-state index contributed by atoms with van der Waals surface area (Å²) in [5.74, 6) is 0. The second-order valence-corrected chi connectivity index (χ2v) is 5.52. The summed E-state index contributed by atoms with van der Waals surface area (Å²) in [6, 6.07) is 15.1. The number of aryl methyl sites for hydroxylation is 2. The normalized spacial score (nSPS) is 10.9. The van der Waals surface area contributed by atoms with E-state index < -0.39 is 0 Å². The van der Waals surface area contributed by atoms with E-state index in [2.05, 4.69) is 61.3 Å². The fraction of sp³-hybridized carbons (Fsp3) is 0.133. The number of aromatic nitrogens is 1. The van der Waals surface area contributed by atoms with Crippen LogP contribution in [0.15, 0.2) is 42.5 Å². The standard InChI is InChI=1S/C15H13NS/c1-10-3-5-12(6-4-10)13-7-8-14-15(9-13)17-11(2)16-14/h3-9H,1-2H3. The molecule has 0 N–H and O–H groups in total. The minimum atomic E-state index is 1.10. The molecule has 0 saturated heterocycles. The highest BCUT2D eigenvalue weighted by molar-refractivity contribution is 7.18. The molecule has 1 nitrogen and oxygen atoms in total. The van der Waals surface area contributed by atoms with E-state index in [9.17, 15) is 0 Å². The summed E-state index contributed by atoms with van der Waals surface area (Å²) in [6.07, 6.45) is 0. The molecular weight excluding hydrogens is 226 g/mol. The zero-order valence-corrected chi connectivity index (χ0v) is 10.7. The predicted octanol–water partition coefficient (Wildman–Crippen LogP) is 4.58. The van der Waals surface area contributed by atoms with Crippen LogP contribution in [-0.4, -0.2) is 4.98 Å². The molecule has 1 aromatic heterocycles. The summed E-state index contributed by atoms with van der Waals surface area (Å²) >= 11 is 1.75. The first-order valence-electron chi connectivity index (χ1n) is 5.66. The van der Waals surface area contributed by atoms with Crippen molar-refractivity contribution in [1.29, 1.82) is 0 Å². The van der Waals surface area contributed by atoms with Crippen LogP contribution in [0.1, 0.15) is 10.6 Å². The minimum absolute atomic E-state index is 1.10. The van der Waals surface area contributed by atoms with Gasteiger partial charge in [0.15, 0.2) is 0 Å². The number of benzene rings is 2. The average Bonchev–Trinajstić information content (AvgIpc) is 2.69. The lowest BCUT2D eigenvalue weighted by Crippen LogP contribution is -1.78. The molecule has 0 fully saturated rings. The van der Waals surface area contributed by atoms with Crippen molar-refractivity contribution >= 4 is 21.6 Å². The quantitative estimate of drug-likeness (QED) is 0.605. The SMILES string of the molecule is Cc1ccc(-c2ccc3nc(C)sc3c2)cc1. The average molecular weight is 239 g/mol. The van der Waals surface area contributed by atoms with Crippen LogP contribution in [0, 0.1) is 13.8 Å². The van der Waals surface area contributed by atoms with Crippen LogP contribution in [-0.2, 0) is 0 Å². The molecule has 0 aliphatic carbocycles. The first-order valence-corrected chi connectivity index (χ1v) is 6.48. The molecule has 0 aliphatic heterocycles. The molecule has 84 valence electrons. The van der Waals surface area contributed by atoms with Crippen LogP contribution >= 0.6 is 11.3 Å². The predicted molar refractivity (Wildman–Crippen MR) is 74.5 cm³/mol. The van der Waals surface area contributed by atoms with E-state index in [1.807, 2.05) is 0 Å². The number of fused-ring (bicyclic) bond motifs is 1. The van der Waals surface area contributed by atoms with Gasteiger partial charge in [0, 0.05) is 0 Å². The summed E-state index contributed by atoms with van der Waals surface area (Å²) < 4.78 is 1.26. The van der Waals surface area contributed by atoms with E-state index in [0.29, 0.717) is 0 Å². The third-order valence-corrected chi connectivity index (χ3v) is 3.81. The Hall–Kier alpha value is -1.67. The van der Waals surface area contributed by atoms with Gasteiger partial charge in [-0.25, -0.2) is 4.98 Å². The van der Waals surface area contributed by atoms with Crippen molar-refractivity contribution in [2.45, 2.75) is 13.8 Å². The molecule has 0 spiro atoms. The van der Waals surface area contributed by atoms with Crippen molar-refractivity contribution in [3.63, 3.8) is 0 Å². The third-order valence-electron chi connectivity index (χ3n) is 2.88. The van der Waals surface area contributed by atoms with Gasteiger partial charge in [-0.2, -0.15) is 0 Å². The van der Waals surface area contributed by atoms with Crippen LogP contribution in [0.2, 0.25) is 0 Å². The van der Waals surface area contributed by atoms with Gasteiger partial charge < -0.3 is 0 Å². The van der Waals surface area contributed by atoms with Gasteiger partial charge in [-0.3, -0.25) is 0 Å². The fourth-order valence-electron chi connectivity index (χ4n) is 1.97. The van der Waals surface area contributed by atoms with E-state index in [4.69, 9.17) is 0 Å². The van der Waals surface area contributed by atoms with E-state index in [-0.39, 0.29) is 0 Å². The van der Waals surface area contributed by atoms with Gasteiger partial charge in [-0.15, -0.1) is 11.3 Å². The van der Waals surface area contributed by atoms with E-state index in [0.717, 1.165) is 10.5 Å². The van der Waals surface area contributed by atoms with E-state index >= 15 is 0 Å². The number of rotatable bonds is 1. The molecule has 0 unspecified atom stereocenters. The highest BCUT2D eigenvalue weighted by Crippen LogP contribution is 2.28. The third kappa shape index (κ3) is 1.96. The number of nitrogens with zero attached hydrogens (tertiary/aromatic N) is 1. The van der Waals surface area contributed by atoms with Gasteiger partial charge in [-0.1, -0.05) is 35.9 Å². The monoisotopic (exact) mass is 239 g/mol. The second kappa shape index (κ2) is 3.97. The summed E-state index contributed by atoms with van der Waals surface area (Å²) in [7, 11) is 0. The Labute approximate surface area is 105 Å². The van der Waals surface area contributed by atoms with Crippen molar-refractivity contribution in [3.8, 4) is 11.1 Å². The van der Waals surface area contributed by atoms with Crippen molar-refractivity contribution in [1.82, 2.24) is 4.98 Å². The van der Waals surface area contributed by atoms with Crippen molar-refractivity contribution in [2.24, 2.45) is 0 Å². The van der Waals surface area contributed by atoms with Crippen LogP contribution in [0.3, 0.4) is 0 Å². The van der Waals surface area contributed by atoms with Crippen LogP contribution in [0.4, 0.5) is 0 Å². The molecule has 0 atom stereocenters. The van der Waals surface area contributed by atoms with Crippen LogP contribution in [0.5, 0.6) is 0 Å². The zero-order valence-electron chi connectivity index (χ0n) is 9.90. The Balaban J connectivity index is 2.13. The van der Waals surface area contributed by atoms with E-state index in [1.54, 1.807) is 11.3 Å². The van der Waals surface area contributed by atoms with Gasteiger partial charge in [0.05, 0.1) is 15.2 Å². The fourth-order valence-corrected chi connectivity index (χ4v) is 2.83. The lowest BCUT2D eigenvalue weighted by molar-refractivity contribution is 1.35. The van der Waals surface area contributed by atoms with Crippen LogP contribution in [0.25, 0.3) is 21.3 Å². The Morgan fingerprint density at radius 2 is 1.59 bits per heavy atom. The Bertz CT molecular complexity index is 665. The molecule has 3 rings (SSSR count). The van der Waals surface area contributed by atoms with Gasteiger partial charge in [0.1, 0.15) is 0 Å². The van der Waals surface area contributed by atoms with Gasteiger partial charge >= 0.3 is 0 Å². The molecule has 0 aliphatic rings. The van der Waals surface area contributed by atoms with Crippen molar-refractivity contribution in [2.75, 3.05) is 0 Å². The number of hydrogen-bond acceptors (Lipinski definition) is 2. The Morgan fingerprint density at radius 1 is 0.882 bits per heavy atom. The lowest BCUT2D eigenvalue weighted by Gasteiger charge is -2.01.